The highest BCUT2D eigenvalue weighted by molar-refractivity contribution is 7.13. The van der Waals surface area contributed by atoms with Crippen molar-refractivity contribution in [2.75, 3.05) is 11.1 Å². The predicted octanol–water partition coefficient (Wildman–Crippen LogP) is 4.31. The fourth-order valence-corrected chi connectivity index (χ4v) is 3.21. The van der Waals surface area contributed by atoms with Crippen LogP contribution in [0.15, 0.2) is 52.5 Å². The van der Waals surface area contributed by atoms with E-state index in [2.05, 4.69) is 5.32 Å². The van der Waals surface area contributed by atoms with Crippen LogP contribution in [-0.4, -0.2) is 5.91 Å². The lowest BCUT2D eigenvalue weighted by Gasteiger charge is -2.09. The summed E-state index contributed by atoms with van der Waals surface area (Å²) < 4.78 is 0. The van der Waals surface area contributed by atoms with Crippen molar-refractivity contribution in [2.45, 2.75) is 0 Å². The quantitative estimate of drug-likeness (QED) is 0.708. The van der Waals surface area contributed by atoms with E-state index in [0.29, 0.717) is 16.9 Å². The molecule has 0 aliphatic heterocycles. The SMILES string of the molecule is Nc1ccc(-c2cccs2)cc1NC(=O)c1ccsc1. The third-order valence-corrected chi connectivity index (χ3v) is 4.49. The lowest BCUT2D eigenvalue weighted by atomic mass is 10.1. The van der Waals surface area contributed by atoms with Crippen LogP contribution in [0.5, 0.6) is 0 Å². The zero-order valence-corrected chi connectivity index (χ0v) is 12.1. The van der Waals surface area contributed by atoms with Crippen molar-refractivity contribution in [1.82, 2.24) is 0 Å². The molecule has 3 rings (SSSR count). The van der Waals surface area contributed by atoms with Crippen LogP contribution in [0.3, 0.4) is 0 Å². The number of thiophene rings is 2. The molecule has 20 heavy (non-hydrogen) atoms. The molecule has 0 aliphatic rings. The number of benzene rings is 1. The minimum Gasteiger partial charge on any atom is -0.397 e. The zero-order chi connectivity index (χ0) is 13.9. The molecule has 0 spiro atoms. The van der Waals surface area contributed by atoms with Gasteiger partial charge in [0.25, 0.3) is 5.91 Å². The molecule has 0 aliphatic carbocycles. The Bertz CT molecular complexity index is 718. The molecule has 0 bridgehead atoms. The lowest BCUT2D eigenvalue weighted by molar-refractivity contribution is 0.102. The number of amides is 1. The minimum absolute atomic E-state index is 0.138. The van der Waals surface area contributed by atoms with Crippen molar-refractivity contribution >= 4 is 40.0 Å². The Morgan fingerprint density at radius 1 is 1.15 bits per heavy atom. The summed E-state index contributed by atoms with van der Waals surface area (Å²) in [5.74, 6) is -0.138. The molecule has 1 aromatic carbocycles. The Hall–Kier alpha value is -2.11. The van der Waals surface area contributed by atoms with E-state index in [1.165, 1.54) is 11.3 Å². The van der Waals surface area contributed by atoms with E-state index in [-0.39, 0.29) is 5.91 Å². The molecular weight excluding hydrogens is 288 g/mol. The van der Waals surface area contributed by atoms with Crippen LogP contribution in [0.1, 0.15) is 10.4 Å². The Kier molecular flexibility index (Phi) is 3.54. The van der Waals surface area contributed by atoms with Gasteiger partial charge in [0.2, 0.25) is 0 Å². The van der Waals surface area contributed by atoms with Crippen LogP contribution in [0, 0.1) is 0 Å². The molecule has 0 unspecified atom stereocenters. The molecule has 2 heterocycles. The summed E-state index contributed by atoms with van der Waals surface area (Å²) in [4.78, 5) is 13.2. The first-order valence-corrected chi connectivity index (χ1v) is 7.83. The second-order valence-corrected chi connectivity index (χ2v) is 5.97. The summed E-state index contributed by atoms with van der Waals surface area (Å²) >= 11 is 3.15. The maximum atomic E-state index is 12.1. The van der Waals surface area contributed by atoms with Gasteiger partial charge in [-0.1, -0.05) is 12.1 Å². The van der Waals surface area contributed by atoms with Crippen LogP contribution >= 0.6 is 22.7 Å². The normalized spacial score (nSPS) is 10.4. The molecule has 2 aromatic heterocycles. The Morgan fingerprint density at radius 3 is 2.75 bits per heavy atom. The van der Waals surface area contributed by atoms with Crippen molar-refractivity contribution in [3.05, 3.63) is 58.1 Å². The number of hydrogen-bond donors (Lipinski definition) is 2. The van der Waals surface area contributed by atoms with E-state index < -0.39 is 0 Å². The van der Waals surface area contributed by atoms with E-state index in [1.54, 1.807) is 17.4 Å². The van der Waals surface area contributed by atoms with Gasteiger partial charge in [-0.15, -0.1) is 11.3 Å². The number of anilines is 2. The summed E-state index contributed by atoms with van der Waals surface area (Å²) in [7, 11) is 0. The minimum atomic E-state index is -0.138. The summed E-state index contributed by atoms with van der Waals surface area (Å²) in [5, 5.41) is 8.57. The van der Waals surface area contributed by atoms with E-state index in [0.717, 1.165) is 10.4 Å². The second kappa shape index (κ2) is 5.48. The molecule has 3 N–H and O–H groups in total. The molecule has 3 aromatic rings. The molecule has 0 fully saturated rings. The highest BCUT2D eigenvalue weighted by Gasteiger charge is 2.10. The van der Waals surface area contributed by atoms with Crippen LogP contribution in [0.4, 0.5) is 11.4 Å². The Labute approximate surface area is 124 Å². The summed E-state index contributed by atoms with van der Waals surface area (Å²) in [6.07, 6.45) is 0. The van der Waals surface area contributed by atoms with Crippen molar-refractivity contribution in [1.29, 1.82) is 0 Å². The maximum Gasteiger partial charge on any atom is 0.256 e. The smallest absolute Gasteiger partial charge is 0.256 e. The van der Waals surface area contributed by atoms with Crippen LogP contribution in [-0.2, 0) is 0 Å². The molecule has 100 valence electrons. The first-order valence-electron chi connectivity index (χ1n) is 6.01. The zero-order valence-electron chi connectivity index (χ0n) is 10.5. The number of rotatable bonds is 3. The number of hydrogen-bond acceptors (Lipinski definition) is 4. The van der Waals surface area contributed by atoms with Gasteiger partial charge in [0.05, 0.1) is 16.9 Å². The number of carbonyl (C=O) groups excluding carboxylic acids is 1. The van der Waals surface area contributed by atoms with Crippen LogP contribution in [0.2, 0.25) is 0 Å². The largest absolute Gasteiger partial charge is 0.397 e. The van der Waals surface area contributed by atoms with Gasteiger partial charge in [0.15, 0.2) is 0 Å². The fraction of sp³-hybridized carbons (Fsp3) is 0. The molecule has 5 heteroatoms. The van der Waals surface area contributed by atoms with Gasteiger partial charge < -0.3 is 11.1 Å². The average Bonchev–Trinajstić information content (AvgIpc) is 3.14. The lowest BCUT2D eigenvalue weighted by Crippen LogP contribution is -2.12. The second-order valence-electron chi connectivity index (χ2n) is 4.25. The van der Waals surface area contributed by atoms with Gasteiger partial charge in [-0.05, 0) is 40.6 Å². The number of nitrogens with two attached hydrogens (primary N) is 1. The number of nitrogen functional groups attached to an aromatic ring is 1. The van der Waals surface area contributed by atoms with E-state index in [1.807, 2.05) is 46.5 Å². The summed E-state index contributed by atoms with van der Waals surface area (Å²) in [6.45, 7) is 0. The maximum absolute atomic E-state index is 12.1. The molecule has 0 saturated heterocycles. The van der Waals surface area contributed by atoms with E-state index in [4.69, 9.17) is 5.73 Å². The highest BCUT2D eigenvalue weighted by Crippen LogP contribution is 2.30. The molecule has 0 saturated carbocycles. The number of carbonyl (C=O) groups is 1. The van der Waals surface area contributed by atoms with Gasteiger partial charge in [-0.2, -0.15) is 11.3 Å². The third-order valence-electron chi connectivity index (χ3n) is 2.89. The summed E-state index contributed by atoms with van der Waals surface area (Å²) in [6, 6.07) is 11.5. The summed E-state index contributed by atoms with van der Waals surface area (Å²) in [5.41, 5.74) is 8.84. The number of nitrogens with one attached hydrogen (secondary N) is 1. The topological polar surface area (TPSA) is 55.1 Å². The van der Waals surface area contributed by atoms with E-state index >= 15 is 0 Å². The van der Waals surface area contributed by atoms with Crippen molar-refractivity contribution < 1.29 is 4.79 Å². The molecule has 1 amide bonds. The molecule has 0 atom stereocenters. The predicted molar refractivity (Wildman–Crippen MR) is 86.4 cm³/mol. The van der Waals surface area contributed by atoms with Gasteiger partial charge in [-0.25, -0.2) is 0 Å². The van der Waals surface area contributed by atoms with Crippen molar-refractivity contribution in [2.24, 2.45) is 0 Å². The Morgan fingerprint density at radius 2 is 2.05 bits per heavy atom. The van der Waals surface area contributed by atoms with Crippen molar-refractivity contribution in [3.63, 3.8) is 0 Å². The monoisotopic (exact) mass is 300 g/mol. The standard InChI is InChI=1S/C15H12N2OS2/c16-12-4-3-10(14-2-1-6-20-14)8-13(12)17-15(18)11-5-7-19-9-11/h1-9H,16H2,(H,17,18). The molecular formula is C15H12N2OS2. The molecule has 3 nitrogen and oxygen atoms in total. The van der Waals surface area contributed by atoms with Crippen LogP contribution < -0.4 is 11.1 Å². The van der Waals surface area contributed by atoms with Gasteiger partial charge in [0.1, 0.15) is 0 Å². The van der Waals surface area contributed by atoms with Gasteiger partial charge in [0, 0.05) is 10.3 Å². The fourth-order valence-electron chi connectivity index (χ4n) is 1.85. The average molecular weight is 300 g/mol. The van der Waals surface area contributed by atoms with E-state index in [9.17, 15) is 4.79 Å². The van der Waals surface area contributed by atoms with Crippen LogP contribution in [0.25, 0.3) is 10.4 Å². The Balaban J connectivity index is 1.89. The van der Waals surface area contributed by atoms with Gasteiger partial charge in [-0.3, -0.25) is 4.79 Å². The third kappa shape index (κ3) is 2.59. The first-order chi connectivity index (χ1) is 9.74. The van der Waals surface area contributed by atoms with Crippen molar-refractivity contribution in [3.8, 4) is 10.4 Å². The highest BCUT2D eigenvalue weighted by atomic mass is 32.1. The van der Waals surface area contributed by atoms with Gasteiger partial charge >= 0.3 is 0 Å². The molecule has 0 radical (unpaired) electrons. The first kappa shape index (κ1) is 12.9.